The van der Waals surface area contributed by atoms with Crippen molar-refractivity contribution in [1.82, 2.24) is 15.1 Å². The number of hydrogen-bond donors (Lipinski definition) is 1. The van der Waals surface area contributed by atoms with Gasteiger partial charge in [-0.25, -0.2) is 0 Å². The van der Waals surface area contributed by atoms with E-state index in [0.29, 0.717) is 29.6 Å². The summed E-state index contributed by atoms with van der Waals surface area (Å²) in [6.45, 7) is 1.43. The first-order valence-electron chi connectivity index (χ1n) is 9.03. The number of carbonyl (C=O) groups excluding carboxylic acids is 2. The third-order valence-corrected chi connectivity index (χ3v) is 6.02. The van der Waals surface area contributed by atoms with Gasteiger partial charge in [0.2, 0.25) is 5.91 Å². The van der Waals surface area contributed by atoms with Gasteiger partial charge in [0.25, 0.3) is 5.91 Å². The molecule has 1 heterocycles. The Morgan fingerprint density at radius 1 is 1.37 bits per heavy atom. The van der Waals surface area contributed by atoms with Crippen LogP contribution in [-0.4, -0.2) is 72.9 Å². The Hall–Kier alpha value is -0.950. The number of hydrogen-bond acceptors (Lipinski definition) is 4. The summed E-state index contributed by atoms with van der Waals surface area (Å²) >= 11 is 13.7. The average Bonchev–Trinajstić information content (AvgIpc) is 2.64. The summed E-state index contributed by atoms with van der Waals surface area (Å²) < 4.78 is 0. The van der Waals surface area contributed by atoms with E-state index in [0.717, 1.165) is 25.1 Å². The Labute approximate surface area is 175 Å². The summed E-state index contributed by atoms with van der Waals surface area (Å²) in [6.07, 6.45) is 4.63. The maximum atomic E-state index is 13.1. The number of halogens is 2. The number of nitrogens with zero attached hydrogens (tertiary/aromatic N) is 2. The van der Waals surface area contributed by atoms with Crippen molar-refractivity contribution in [3.8, 4) is 0 Å². The molecule has 0 saturated carbocycles. The van der Waals surface area contributed by atoms with Gasteiger partial charge < -0.3 is 15.1 Å². The molecule has 8 heteroatoms. The van der Waals surface area contributed by atoms with Crippen LogP contribution in [0.1, 0.15) is 29.6 Å². The van der Waals surface area contributed by atoms with Crippen LogP contribution in [0.3, 0.4) is 0 Å². The zero-order valence-corrected chi connectivity index (χ0v) is 18.3. The number of benzene rings is 1. The first-order chi connectivity index (χ1) is 12.8. The van der Waals surface area contributed by atoms with Crippen LogP contribution in [0.25, 0.3) is 0 Å². The molecular formula is C19H27Cl2N3O2S. The Balaban J connectivity index is 2.11. The molecule has 1 aliphatic rings. The van der Waals surface area contributed by atoms with E-state index in [1.54, 1.807) is 23.9 Å². The first kappa shape index (κ1) is 22.3. The van der Waals surface area contributed by atoms with Gasteiger partial charge >= 0.3 is 0 Å². The van der Waals surface area contributed by atoms with Crippen molar-refractivity contribution in [1.29, 1.82) is 0 Å². The topological polar surface area (TPSA) is 52.7 Å². The van der Waals surface area contributed by atoms with Crippen LogP contribution < -0.4 is 5.32 Å². The molecule has 150 valence electrons. The van der Waals surface area contributed by atoms with E-state index in [4.69, 9.17) is 23.2 Å². The van der Waals surface area contributed by atoms with Crippen molar-refractivity contribution in [2.24, 2.45) is 0 Å². The van der Waals surface area contributed by atoms with E-state index >= 15 is 0 Å². The highest BCUT2D eigenvalue weighted by Gasteiger charge is 2.30. The van der Waals surface area contributed by atoms with Gasteiger partial charge in [0, 0.05) is 24.2 Å². The third kappa shape index (κ3) is 6.28. The second-order valence-corrected chi connectivity index (χ2v) is 8.80. The summed E-state index contributed by atoms with van der Waals surface area (Å²) in [5.41, 5.74) is 0.327. The Bertz CT molecular complexity index is 672. The van der Waals surface area contributed by atoms with Crippen LogP contribution in [0, 0.1) is 0 Å². The minimum atomic E-state index is -0.558. The molecule has 2 amide bonds. The summed E-state index contributed by atoms with van der Waals surface area (Å²) in [5, 5.41) is 3.63. The lowest BCUT2D eigenvalue weighted by Crippen LogP contribution is -2.54. The minimum Gasteiger partial charge on any atom is -0.340 e. The molecule has 2 rings (SSSR count). The molecule has 5 nitrogen and oxygen atoms in total. The molecule has 1 saturated heterocycles. The molecular weight excluding hydrogens is 405 g/mol. The molecule has 1 aliphatic heterocycles. The van der Waals surface area contributed by atoms with Crippen molar-refractivity contribution < 1.29 is 9.59 Å². The highest BCUT2D eigenvalue weighted by Crippen LogP contribution is 2.22. The zero-order valence-electron chi connectivity index (χ0n) is 16.0. The highest BCUT2D eigenvalue weighted by atomic mass is 35.5. The fourth-order valence-corrected chi connectivity index (χ4v) is 4.17. The van der Waals surface area contributed by atoms with Crippen LogP contribution in [0.2, 0.25) is 10.0 Å². The molecule has 1 aromatic rings. The van der Waals surface area contributed by atoms with Gasteiger partial charge in [0.05, 0.1) is 10.6 Å². The van der Waals surface area contributed by atoms with Crippen molar-refractivity contribution in [3.63, 3.8) is 0 Å². The third-order valence-electron chi connectivity index (χ3n) is 4.83. The van der Waals surface area contributed by atoms with E-state index in [1.165, 1.54) is 6.07 Å². The standard InChI is InChI=1S/C19H27Cl2N3O2S/c1-23(2)14-5-4-9-24(12-14)19(26)17(8-10-27-3)22-18(25)15-7-6-13(20)11-16(15)21/h6-7,11,14,17H,4-5,8-10,12H2,1-3H3,(H,22,25). The van der Waals surface area contributed by atoms with Crippen molar-refractivity contribution in [3.05, 3.63) is 33.8 Å². The lowest BCUT2D eigenvalue weighted by molar-refractivity contribution is -0.135. The number of carbonyl (C=O) groups is 2. The first-order valence-corrected chi connectivity index (χ1v) is 11.2. The molecule has 0 radical (unpaired) electrons. The molecule has 1 aromatic carbocycles. The Morgan fingerprint density at radius 3 is 2.74 bits per heavy atom. The van der Waals surface area contributed by atoms with Crippen molar-refractivity contribution in [2.45, 2.75) is 31.3 Å². The monoisotopic (exact) mass is 431 g/mol. The number of thioether (sulfide) groups is 1. The van der Waals surface area contributed by atoms with Crippen LogP contribution in [0.15, 0.2) is 18.2 Å². The van der Waals surface area contributed by atoms with E-state index in [1.807, 2.05) is 25.3 Å². The summed E-state index contributed by atoms with van der Waals surface area (Å²) in [4.78, 5) is 29.8. The highest BCUT2D eigenvalue weighted by molar-refractivity contribution is 7.98. The molecule has 0 spiro atoms. The maximum absolute atomic E-state index is 13.1. The fraction of sp³-hybridized carbons (Fsp3) is 0.579. The van der Waals surface area contributed by atoms with Crippen molar-refractivity contribution in [2.75, 3.05) is 39.2 Å². The second-order valence-electron chi connectivity index (χ2n) is 6.98. The predicted octanol–water partition coefficient (Wildman–Crippen LogP) is 3.40. The quantitative estimate of drug-likeness (QED) is 0.718. The van der Waals surface area contributed by atoms with Gasteiger partial charge in [-0.3, -0.25) is 9.59 Å². The van der Waals surface area contributed by atoms with Gasteiger partial charge in [0.15, 0.2) is 0 Å². The Kier molecular flexibility index (Phi) is 8.73. The van der Waals surface area contributed by atoms with E-state index < -0.39 is 6.04 Å². The fourth-order valence-electron chi connectivity index (χ4n) is 3.20. The maximum Gasteiger partial charge on any atom is 0.253 e. The van der Waals surface area contributed by atoms with Crippen molar-refractivity contribution >= 4 is 46.8 Å². The number of likely N-dealkylation sites (N-methyl/N-ethyl adjacent to an activating group) is 1. The lowest BCUT2D eigenvalue weighted by atomic mass is 10.0. The van der Waals surface area contributed by atoms with Crippen LogP contribution in [-0.2, 0) is 4.79 Å². The molecule has 1 N–H and O–H groups in total. The average molecular weight is 432 g/mol. The number of piperidine rings is 1. The normalized spacial score (nSPS) is 18.4. The molecule has 0 aliphatic carbocycles. The molecule has 27 heavy (non-hydrogen) atoms. The van der Waals surface area contributed by atoms with Crippen LogP contribution in [0.4, 0.5) is 0 Å². The summed E-state index contributed by atoms with van der Waals surface area (Å²) in [7, 11) is 4.07. The van der Waals surface area contributed by atoms with E-state index in [9.17, 15) is 9.59 Å². The summed E-state index contributed by atoms with van der Waals surface area (Å²) in [5.74, 6) is 0.419. The van der Waals surface area contributed by atoms with Gasteiger partial charge in [-0.15, -0.1) is 0 Å². The van der Waals surface area contributed by atoms with Gasteiger partial charge in [0.1, 0.15) is 6.04 Å². The zero-order chi connectivity index (χ0) is 20.0. The predicted molar refractivity (Wildman–Crippen MR) is 114 cm³/mol. The van der Waals surface area contributed by atoms with Gasteiger partial charge in [-0.2, -0.15) is 11.8 Å². The lowest BCUT2D eigenvalue weighted by Gasteiger charge is -2.37. The molecule has 2 unspecified atom stereocenters. The molecule has 0 aromatic heterocycles. The van der Waals surface area contributed by atoms with Gasteiger partial charge in [-0.1, -0.05) is 23.2 Å². The number of rotatable bonds is 7. The van der Waals surface area contributed by atoms with Crippen LogP contribution in [0.5, 0.6) is 0 Å². The number of nitrogens with one attached hydrogen (secondary N) is 1. The second kappa shape index (κ2) is 10.6. The molecule has 1 fully saturated rings. The Morgan fingerprint density at radius 2 is 2.11 bits per heavy atom. The van der Waals surface area contributed by atoms with E-state index in [2.05, 4.69) is 10.2 Å². The van der Waals surface area contributed by atoms with Gasteiger partial charge in [-0.05, 0) is 63.6 Å². The summed E-state index contributed by atoms with van der Waals surface area (Å²) in [6, 6.07) is 4.53. The number of amides is 2. The van der Waals surface area contributed by atoms with Crippen LogP contribution >= 0.6 is 35.0 Å². The molecule has 0 bridgehead atoms. The smallest absolute Gasteiger partial charge is 0.253 e. The SMILES string of the molecule is CSCCC(NC(=O)c1ccc(Cl)cc1Cl)C(=O)N1CCCC(N(C)C)C1. The largest absolute Gasteiger partial charge is 0.340 e. The minimum absolute atomic E-state index is 0.0194. The molecule has 2 atom stereocenters. The van der Waals surface area contributed by atoms with E-state index in [-0.39, 0.29) is 16.8 Å². The number of likely N-dealkylation sites (tertiary alicyclic amines) is 1.